The molecule has 17 heavy (non-hydrogen) atoms. The summed E-state index contributed by atoms with van der Waals surface area (Å²) >= 11 is 1.94. The van der Waals surface area contributed by atoms with Crippen molar-refractivity contribution in [1.82, 2.24) is 10.2 Å². The Morgan fingerprint density at radius 3 is 2.88 bits per heavy atom. The van der Waals surface area contributed by atoms with Crippen LogP contribution in [-0.2, 0) is 13.0 Å². The lowest BCUT2D eigenvalue weighted by Gasteiger charge is -2.32. The molecule has 1 aliphatic heterocycles. The molecule has 0 aromatic carbocycles. The van der Waals surface area contributed by atoms with Crippen LogP contribution in [-0.4, -0.2) is 31.1 Å². The molecule has 0 aliphatic carbocycles. The minimum absolute atomic E-state index is 0.745. The molecular formula is C14H24N2S. The van der Waals surface area contributed by atoms with Crippen LogP contribution < -0.4 is 5.32 Å². The number of likely N-dealkylation sites (tertiary alicyclic amines) is 1. The third kappa shape index (κ3) is 3.80. The van der Waals surface area contributed by atoms with E-state index in [4.69, 9.17) is 0 Å². The maximum Gasteiger partial charge on any atom is 0.0300 e. The van der Waals surface area contributed by atoms with E-state index in [1.165, 1.54) is 35.6 Å². The lowest BCUT2D eigenvalue weighted by atomic mass is 10.0. The van der Waals surface area contributed by atoms with Crippen LogP contribution in [0.15, 0.2) is 12.1 Å². The van der Waals surface area contributed by atoms with Gasteiger partial charge in [-0.15, -0.1) is 11.3 Å². The minimum Gasteiger partial charge on any atom is -0.310 e. The standard InChI is InChI=1S/C14H24N2S/c1-3-13-7-8-14(17-13)11-15-10-12-6-4-5-9-16(12)2/h7-8,12,15H,3-6,9-11H2,1-2H3. The molecule has 1 unspecified atom stereocenters. The van der Waals surface area contributed by atoms with Crippen molar-refractivity contribution in [3.05, 3.63) is 21.9 Å². The topological polar surface area (TPSA) is 15.3 Å². The van der Waals surface area contributed by atoms with Crippen LogP contribution in [0.2, 0.25) is 0 Å². The third-order valence-electron chi connectivity index (χ3n) is 3.67. The van der Waals surface area contributed by atoms with Crippen molar-refractivity contribution in [3.8, 4) is 0 Å². The molecule has 2 nitrogen and oxygen atoms in total. The van der Waals surface area contributed by atoms with E-state index in [9.17, 15) is 0 Å². The number of thiophene rings is 1. The first-order chi connectivity index (χ1) is 8.29. The van der Waals surface area contributed by atoms with Gasteiger partial charge < -0.3 is 10.2 Å². The van der Waals surface area contributed by atoms with E-state index in [2.05, 4.69) is 36.3 Å². The first-order valence-electron chi connectivity index (χ1n) is 6.78. The Hall–Kier alpha value is -0.380. The van der Waals surface area contributed by atoms with Crippen LogP contribution in [0.5, 0.6) is 0 Å². The van der Waals surface area contributed by atoms with Gasteiger partial charge in [0, 0.05) is 28.9 Å². The molecule has 1 atom stereocenters. The molecule has 0 saturated carbocycles. The summed E-state index contributed by atoms with van der Waals surface area (Å²) in [4.78, 5) is 5.47. The number of rotatable bonds is 5. The molecule has 1 aliphatic rings. The number of hydrogen-bond donors (Lipinski definition) is 1. The Labute approximate surface area is 109 Å². The number of nitrogens with one attached hydrogen (secondary N) is 1. The number of aryl methyl sites for hydroxylation is 1. The SMILES string of the molecule is CCc1ccc(CNCC2CCCCN2C)s1. The van der Waals surface area contributed by atoms with Gasteiger partial charge in [0.2, 0.25) is 0 Å². The first-order valence-corrected chi connectivity index (χ1v) is 7.59. The normalized spacial score (nSPS) is 21.9. The average molecular weight is 252 g/mol. The van der Waals surface area contributed by atoms with Crippen molar-refractivity contribution < 1.29 is 0 Å². The molecule has 96 valence electrons. The second kappa shape index (κ2) is 6.53. The Balaban J connectivity index is 1.71. The molecule has 1 aromatic heterocycles. The van der Waals surface area contributed by atoms with Gasteiger partial charge >= 0.3 is 0 Å². The first kappa shape index (κ1) is 13.1. The highest BCUT2D eigenvalue weighted by Crippen LogP contribution is 2.17. The van der Waals surface area contributed by atoms with Crippen LogP contribution in [0.4, 0.5) is 0 Å². The molecule has 1 saturated heterocycles. The van der Waals surface area contributed by atoms with E-state index in [1.807, 2.05) is 11.3 Å². The molecular weight excluding hydrogens is 228 g/mol. The van der Waals surface area contributed by atoms with Gasteiger partial charge in [-0.05, 0) is 45.0 Å². The quantitative estimate of drug-likeness (QED) is 0.867. The Bertz CT molecular complexity index is 335. The molecule has 3 heteroatoms. The zero-order valence-electron chi connectivity index (χ0n) is 11.0. The Kier molecular flexibility index (Phi) is 5.01. The number of hydrogen-bond acceptors (Lipinski definition) is 3. The zero-order chi connectivity index (χ0) is 12.1. The molecule has 1 N–H and O–H groups in total. The van der Waals surface area contributed by atoms with E-state index < -0.39 is 0 Å². The predicted octanol–water partition coefficient (Wildman–Crippen LogP) is 2.88. The summed E-state index contributed by atoms with van der Waals surface area (Å²) in [6.07, 6.45) is 5.29. The van der Waals surface area contributed by atoms with Crippen molar-refractivity contribution in [1.29, 1.82) is 0 Å². The fourth-order valence-corrected chi connectivity index (χ4v) is 3.40. The van der Waals surface area contributed by atoms with Crippen molar-refractivity contribution in [2.24, 2.45) is 0 Å². The molecule has 0 bridgehead atoms. The van der Waals surface area contributed by atoms with E-state index >= 15 is 0 Å². The maximum atomic E-state index is 3.61. The van der Waals surface area contributed by atoms with Gasteiger partial charge in [0.1, 0.15) is 0 Å². The second-order valence-electron chi connectivity index (χ2n) is 4.98. The fraction of sp³-hybridized carbons (Fsp3) is 0.714. The molecule has 2 rings (SSSR count). The number of nitrogens with zero attached hydrogens (tertiary/aromatic N) is 1. The highest BCUT2D eigenvalue weighted by atomic mass is 32.1. The summed E-state index contributed by atoms with van der Waals surface area (Å²) in [5, 5.41) is 3.61. The van der Waals surface area contributed by atoms with E-state index in [1.54, 1.807) is 0 Å². The van der Waals surface area contributed by atoms with Crippen molar-refractivity contribution in [2.45, 2.75) is 45.2 Å². The van der Waals surface area contributed by atoms with E-state index in [0.717, 1.165) is 25.6 Å². The van der Waals surface area contributed by atoms with Gasteiger partial charge in [-0.3, -0.25) is 0 Å². The number of piperidine rings is 1. The summed E-state index contributed by atoms with van der Waals surface area (Å²) in [5.41, 5.74) is 0. The Morgan fingerprint density at radius 1 is 1.35 bits per heavy atom. The van der Waals surface area contributed by atoms with Gasteiger partial charge in [-0.2, -0.15) is 0 Å². The summed E-state index contributed by atoms with van der Waals surface area (Å²) < 4.78 is 0. The lowest BCUT2D eigenvalue weighted by Crippen LogP contribution is -2.42. The zero-order valence-corrected chi connectivity index (χ0v) is 11.9. The summed E-state index contributed by atoms with van der Waals surface area (Å²) in [5.74, 6) is 0. The Morgan fingerprint density at radius 2 is 2.18 bits per heavy atom. The molecule has 2 heterocycles. The largest absolute Gasteiger partial charge is 0.310 e. The summed E-state index contributed by atoms with van der Waals surface area (Å²) in [7, 11) is 2.26. The molecule has 0 amide bonds. The van der Waals surface area contributed by atoms with Crippen molar-refractivity contribution >= 4 is 11.3 Å². The van der Waals surface area contributed by atoms with Crippen LogP contribution in [0.1, 0.15) is 35.9 Å². The lowest BCUT2D eigenvalue weighted by molar-refractivity contribution is 0.181. The van der Waals surface area contributed by atoms with Crippen LogP contribution in [0, 0.1) is 0 Å². The van der Waals surface area contributed by atoms with Crippen molar-refractivity contribution in [2.75, 3.05) is 20.1 Å². The fourth-order valence-electron chi connectivity index (χ4n) is 2.47. The molecule has 1 fully saturated rings. The van der Waals surface area contributed by atoms with E-state index in [0.29, 0.717) is 0 Å². The predicted molar refractivity (Wildman–Crippen MR) is 75.7 cm³/mol. The minimum atomic E-state index is 0.745. The third-order valence-corrected chi connectivity index (χ3v) is 4.90. The second-order valence-corrected chi connectivity index (χ2v) is 6.24. The maximum absolute atomic E-state index is 3.61. The van der Waals surface area contributed by atoms with Crippen LogP contribution in [0.25, 0.3) is 0 Å². The summed E-state index contributed by atoms with van der Waals surface area (Å²) in [6, 6.07) is 5.27. The van der Waals surface area contributed by atoms with Gasteiger partial charge in [0.15, 0.2) is 0 Å². The highest BCUT2D eigenvalue weighted by molar-refractivity contribution is 7.11. The van der Waals surface area contributed by atoms with Gasteiger partial charge in [-0.1, -0.05) is 13.3 Å². The van der Waals surface area contributed by atoms with E-state index in [-0.39, 0.29) is 0 Å². The van der Waals surface area contributed by atoms with Gasteiger partial charge in [0.05, 0.1) is 0 Å². The van der Waals surface area contributed by atoms with Crippen LogP contribution >= 0.6 is 11.3 Å². The summed E-state index contributed by atoms with van der Waals surface area (Å²) in [6.45, 7) is 5.66. The number of likely N-dealkylation sites (N-methyl/N-ethyl adjacent to an activating group) is 1. The van der Waals surface area contributed by atoms with Crippen LogP contribution in [0.3, 0.4) is 0 Å². The highest BCUT2D eigenvalue weighted by Gasteiger charge is 2.17. The van der Waals surface area contributed by atoms with Crippen molar-refractivity contribution in [3.63, 3.8) is 0 Å². The average Bonchev–Trinajstić information content (AvgIpc) is 2.80. The molecule has 0 radical (unpaired) electrons. The smallest absolute Gasteiger partial charge is 0.0300 e. The molecule has 1 aromatic rings. The van der Waals surface area contributed by atoms with Gasteiger partial charge in [0.25, 0.3) is 0 Å². The molecule has 0 spiro atoms. The van der Waals surface area contributed by atoms with Gasteiger partial charge in [-0.25, -0.2) is 0 Å². The monoisotopic (exact) mass is 252 g/mol.